The first kappa shape index (κ1) is 13.8. The molecule has 0 aliphatic heterocycles. The highest BCUT2D eigenvalue weighted by atomic mass is 16.5. The summed E-state index contributed by atoms with van der Waals surface area (Å²) in [5.41, 5.74) is 3.74. The van der Waals surface area contributed by atoms with Gasteiger partial charge in [-0.2, -0.15) is 0 Å². The number of hydrogen-bond acceptors (Lipinski definition) is 1. The monoisotopic (exact) mass is 206 g/mol. The summed E-state index contributed by atoms with van der Waals surface area (Å²) in [6, 6.07) is 4.04. The minimum absolute atomic E-state index is 0.977. The van der Waals surface area contributed by atoms with Gasteiger partial charge in [0, 0.05) is 0 Å². The van der Waals surface area contributed by atoms with E-state index in [0.717, 1.165) is 12.2 Å². The van der Waals surface area contributed by atoms with Gasteiger partial charge in [-0.25, -0.2) is 0 Å². The van der Waals surface area contributed by atoms with E-state index in [2.05, 4.69) is 20.4 Å². The predicted molar refractivity (Wildman–Crippen MR) is 68.5 cm³/mol. The standard InChI is InChI=1S/C12H16O.C2H6/c1-5-10-7-8-12(13-4)11(6-2)9(10)3;1-2/h5,7-8H,1,6H2,2-4H3;1-2H3. The first-order chi connectivity index (χ1) is 7.24. The van der Waals surface area contributed by atoms with Crippen LogP contribution < -0.4 is 4.74 Å². The molecule has 0 atom stereocenters. The van der Waals surface area contributed by atoms with Crippen molar-refractivity contribution in [1.29, 1.82) is 0 Å². The van der Waals surface area contributed by atoms with E-state index in [1.54, 1.807) is 7.11 Å². The van der Waals surface area contributed by atoms with Gasteiger partial charge >= 0.3 is 0 Å². The van der Waals surface area contributed by atoms with Crippen LogP contribution in [0.15, 0.2) is 18.7 Å². The van der Waals surface area contributed by atoms with Crippen molar-refractivity contribution in [3.05, 3.63) is 35.4 Å². The summed E-state index contributed by atoms with van der Waals surface area (Å²) in [5, 5.41) is 0. The van der Waals surface area contributed by atoms with Crippen molar-refractivity contribution in [3.63, 3.8) is 0 Å². The molecular formula is C14H22O. The molecule has 0 saturated carbocycles. The molecule has 1 aromatic carbocycles. The number of methoxy groups -OCH3 is 1. The molecule has 0 N–H and O–H groups in total. The van der Waals surface area contributed by atoms with Crippen LogP contribution in [-0.2, 0) is 6.42 Å². The first-order valence-electron chi connectivity index (χ1n) is 5.53. The zero-order valence-corrected chi connectivity index (χ0v) is 10.6. The fraction of sp³-hybridized carbons (Fsp3) is 0.429. The second-order valence-electron chi connectivity index (χ2n) is 3.02. The smallest absolute Gasteiger partial charge is 0.122 e. The van der Waals surface area contributed by atoms with Crippen molar-refractivity contribution in [2.75, 3.05) is 7.11 Å². The van der Waals surface area contributed by atoms with Crippen molar-refractivity contribution in [2.24, 2.45) is 0 Å². The van der Waals surface area contributed by atoms with Gasteiger partial charge < -0.3 is 4.74 Å². The molecule has 0 saturated heterocycles. The van der Waals surface area contributed by atoms with E-state index in [9.17, 15) is 0 Å². The predicted octanol–water partition coefficient (Wildman–Crippen LogP) is 4.24. The van der Waals surface area contributed by atoms with Crippen LogP contribution in [0.1, 0.15) is 37.5 Å². The highest BCUT2D eigenvalue weighted by Gasteiger charge is 2.06. The molecular weight excluding hydrogens is 184 g/mol. The maximum absolute atomic E-state index is 5.28. The van der Waals surface area contributed by atoms with Crippen molar-refractivity contribution in [2.45, 2.75) is 34.1 Å². The third-order valence-corrected chi connectivity index (χ3v) is 2.39. The van der Waals surface area contributed by atoms with Crippen molar-refractivity contribution >= 4 is 6.08 Å². The van der Waals surface area contributed by atoms with Crippen LogP contribution >= 0.6 is 0 Å². The van der Waals surface area contributed by atoms with Gasteiger partial charge in [-0.3, -0.25) is 0 Å². The quantitative estimate of drug-likeness (QED) is 0.719. The summed E-state index contributed by atoms with van der Waals surface area (Å²) in [6.07, 6.45) is 2.88. The van der Waals surface area contributed by atoms with Crippen LogP contribution in [0.3, 0.4) is 0 Å². The molecule has 0 aromatic heterocycles. The van der Waals surface area contributed by atoms with Crippen LogP contribution in [0.25, 0.3) is 6.08 Å². The van der Waals surface area contributed by atoms with E-state index >= 15 is 0 Å². The van der Waals surface area contributed by atoms with E-state index in [-0.39, 0.29) is 0 Å². The van der Waals surface area contributed by atoms with E-state index in [1.807, 2.05) is 32.1 Å². The Bertz CT molecular complexity index is 313. The van der Waals surface area contributed by atoms with E-state index < -0.39 is 0 Å². The van der Waals surface area contributed by atoms with Gasteiger partial charge in [0.25, 0.3) is 0 Å². The molecule has 0 radical (unpaired) electrons. The van der Waals surface area contributed by atoms with Crippen LogP contribution in [0.4, 0.5) is 0 Å². The lowest BCUT2D eigenvalue weighted by atomic mass is 9.99. The second kappa shape index (κ2) is 7.10. The van der Waals surface area contributed by atoms with Gasteiger partial charge in [0.2, 0.25) is 0 Å². The van der Waals surface area contributed by atoms with Crippen LogP contribution in [0.5, 0.6) is 5.75 Å². The molecule has 15 heavy (non-hydrogen) atoms. The minimum atomic E-state index is 0.977. The largest absolute Gasteiger partial charge is 0.496 e. The van der Waals surface area contributed by atoms with E-state index in [1.165, 1.54) is 16.7 Å². The third kappa shape index (κ3) is 3.12. The maximum Gasteiger partial charge on any atom is 0.122 e. The summed E-state index contributed by atoms with van der Waals surface area (Å²) in [6.45, 7) is 12.0. The Hall–Kier alpha value is -1.24. The molecule has 0 fully saturated rings. The van der Waals surface area contributed by atoms with E-state index in [0.29, 0.717) is 0 Å². The fourth-order valence-electron chi connectivity index (χ4n) is 1.60. The average Bonchev–Trinajstić information content (AvgIpc) is 2.31. The van der Waals surface area contributed by atoms with Crippen LogP contribution in [0.2, 0.25) is 0 Å². The Morgan fingerprint density at radius 1 is 1.33 bits per heavy atom. The lowest BCUT2D eigenvalue weighted by Crippen LogP contribution is -1.95. The number of rotatable bonds is 3. The molecule has 1 rings (SSSR count). The summed E-state index contributed by atoms with van der Waals surface area (Å²) in [7, 11) is 1.71. The number of hydrogen-bond donors (Lipinski definition) is 0. The summed E-state index contributed by atoms with van der Waals surface area (Å²) in [5.74, 6) is 0.977. The molecule has 0 spiro atoms. The topological polar surface area (TPSA) is 9.23 Å². The van der Waals surface area contributed by atoms with Crippen LogP contribution in [-0.4, -0.2) is 7.11 Å². The zero-order chi connectivity index (χ0) is 11.8. The van der Waals surface area contributed by atoms with Crippen molar-refractivity contribution in [3.8, 4) is 5.75 Å². The molecule has 0 unspecified atom stereocenters. The normalized spacial score (nSPS) is 8.87. The molecule has 1 aromatic rings. The molecule has 0 amide bonds. The first-order valence-corrected chi connectivity index (χ1v) is 5.53. The number of ether oxygens (including phenoxy) is 1. The van der Waals surface area contributed by atoms with Crippen LogP contribution in [0, 0.1) is 6.92 Å². The average molecular weight is 206 g/mol. The molecule has 0 aliphatic rings. The molecule has 0 heterocycles. The zero-order valence-electron chi connectivity index (χ0n) is 10.6. The third-order valence-electron chi connectivity index (χ3n) is 2.39. The molecule has 0 aliphatic carbocycles. The molecule has 1 heteroatoms. The lowest BCUT2D eigenvalue weighted by molar-refractivity contribution is 0.409. The highest BCUT2D eigenvalue weighted by Crippen LogP contribution is 2.25. The maximum atomic E-state index is 5.28. The van der Waals surface area contributed by atoms with Crippen molar-refractivity contribution in [1.82, 2.24) is 0 Å². The van der Waals surface area contributed by atoms with Gasteiger partial charge in [0.05, 0.1) is 7.11 Å². The summed E-state index contributed by atoms with van der Waals surface area (Å²) < 4.78 is 5.28. The molecule has 1 nitrogen and oxygen atoms in total. The number of benzene rings is 1. The Balaban J connectivity index is 0.000000921. The van der Waals surface area contributed by atoms with Crippen molar-refractivity contribution < 1.29 is 4.74 Å². The second-order valence-corrected chi connectivity index (χ2v) is 3.02. The van der Waals surface area contributed by atoms with Gasteiger partial charge in [-0.1, -0.05) is 39.5 Å². The van der Waals surface area contributed by atoms with Gasteiger partial charge in [0.1, 0.15) is 5.75 Å². The Labute approximate surface area is 93.8 Å². The molecule has 0 bridgehead atoms. The summed E-state index contributed by atoms with van der Waals surface area (Å²) >= 11 is 0. The summed E-state index contributed by atoms with van der Waals surface area (Å²) in [4.78, 5) is 0. The Morgan fingerprint density at radius 3 is 2.33 bits per heavy atom. The fourth-order valence-corrected chi connectivity index (χ4v) is 1.60. The van der Waals surface area contributed by atoms with Gasteiger partial charge in [0.15, 0.2) is 0 Å². The van der Waals surface area contributed by atoms with E-state index in [4.69, 9.17) is 4.74 Å². The minimum Gasteiger partial charge on any atom is -0.496 e. The van der Waals surface area contributed by atoms with Gasteiger partial charge in [-0.15, -0.1) is 0 Å². The SMILES string of the molecule is C=Cc1ccc(OC)c(CC)c1C.CC. The Morgan fingerprint density at radius 2 is 1.93 bits per heavy atom. The molecule has 84 valence electrons. The Kier molecular flexibility index (Phi) is 6.52. The highest BCUT2D eigenvalue weighted by molar-refractivity contribution is 5.57. The lowest BCUT2D eigenvalue weighted by Gasteiger charge is -2.11. The van der Waals surface area contributed by atoms with Gasteiger partial charge in [-0.05, 0) is 36.1 Å².